The van der Waals surface area contributed by atoms with Crippen LogP contribution in [-0.4, -0.2) is 20.9 Å². The molecule has 0 bridgehead atoms. The summed E-state index contributed by atoms with van der Waals surface area (Å²) in [6, 6.07) is 3.45. The van der Waals surface area contributed by atoms with Crippen LogP contribution in [0.15, 0.2) is 17.0 Å². The van der Waals surface area contributed by atoms with Crippen molar-refractivity contribution < 1.29 is 13.2 Å². The molecule has 0 aliphatic rings. The SMILES string of the molecule is Cc1ccc(C)c(S(=O)(=O)NCCC(N)=O)c1N. The van der Waals surface area contributed by atoms with Crippen molar-refractivity contribution in [3.63, 3.8) is 0 Å². The second-order valence-electron chi connectivity index (χ2n) is 4.06. The van der Waals surface area contributed by atoms with Gasteiger partial charge in [-0.15, -0.1) is 0 Å². The van der Waals surface area contributed by atoms with Gasteiger partial charge in [-0.1, -0.05) is 12.1 Å². The summed E-state index contributed by atoms with van der Waals surface area (Å²) in [4.78, 5) is 10.6. The molecule has 7 heteroatoms. The highest BCUT2D eigenvalue weighted by atomic mass is 32.2. The van der Waals surface area contributed by atoms with E-state index in [2.05, 4.69) is 4.72 Å². The number of carbonyl (C=O) groups excluding carboxylic acids is 1. The van der Waals surface area contributed by atoms with Crippen molar-refractivity contribution in [1.29, 1.82) is 0 Å². The van der Waals surface area contributed by atoms with Gasteiger partial charge in [0, 0.05) is 13.0 Å². The number of carbonyl (C=O) groups is 1. The average Bonchev–Trinajstić information content (AvgIpc) is 2.23. The fraction of sp³-hybridized carbons (Fsp3) is 0.364. The van der Waals surface area contributed by atoms with Crippen molar-refractivity contribution >= 4 is 21.6 Å². The van der Waals surface area contributed by atoms with Crippen LogP contribution in [0, 0.1) is 13.8 Å². The van der Waals surface area contributed by atoms with Crippen LogP contribution in [0.3, 0.4) is 0 Å². The lowest BCUT2D eigenvalue weighted by Crippen LogP contribution is -2.29. The maximum atomic E-state index is 12.1. The minimum absolute atomic E-state index is 0.0372. The molecule has 1 amide bonds. The second-order valence-corrected chi connectivity index (χ2v) is 5.76. The summed E-state index contributed by atoms with van der Waals surface area (Å²) in [6.07, 6.45) is -0.0516. The summed E-state index contributed by atoms with van der Waals surface area (Å²) in [7, 11) is -3.72. The molecule has 0 radical (unpaired) electrons. The number of aryl methyl sites for hydroxylation is 2. The molecule has 0 aliphatic carbocycles. The van der Waals surface area contributed by atoms with Gasteiger partial charge in [-0.3, -0.25) is 4.79 Å². The fourth-order valence-electron chi connectivity index (χ4n) is 1.54. The number of amides is 1. The van der Waals surface area contributed by atoms with E-state index < -0.39 is 15.9 Å². The predicted octanol–water partition coefficient (Wildman–Crippen LogP) is 0.0393. The molecule has 0 fully saturated rings. The third-order valence-electron chi connectivity index (χ3n) is 2.54. The number of hydrogen-bond acceptors (Lipinski definition) is 4. The van der Waals surface area contributed by atoms with Crippen LogP contribution in [0.25, 0.3) is 0 Å². The average molecular weight is 271 g/mol. The Balaban J connectivity index is 3.05. The largest absolute Gasteiger partial charge is 0.397 e. The predicted molar refractivity (Wildman–Crippen MR) is 69.3 cm³/mol. The van der Waals surface area contributed by atoms with Crippen molar-refractivity contribution in [2.45, 2.75) is 25.2 Å². The lowest BCUT2D eigenvalue weighted by Gasteiger charge is -2.13. The lowest BCUT2D eigenvalue weighted by atomic mass is 10.1. The zero-order valence-electron chi connectivity index (χ0n) is 10.4. The Labute approximate surface area is 106 Å². The summed E-state index contributed by atoms with van der Waals surface area (Å²) >= 11 is 0. The Kier molecular flexibility index (Phi) is 4.31. The molecule has 5 N–H and O–H groups in total. The topological polar surface area (TPSA) is 115 Å². The van der Waals surface area contributed by atoms with Crippen molar-refractivity contribution in [2.24, 2.45) is 5.73 Å². The minimum Gasteiger partial charge on any atom is -0.397 e. The molecular formula is C11H17N3O3S. The fourth-order valence-corrected chi connectivity index (χ4v) is 3.00. The molecule has 0 aromatic heterocycles. The number of primary amides is 1. The van der Waals surface area contributed by atoms with Crippen LogP contribution in [0.1, 0.15) is 17.5 Å². The van der Waals surface area contributed by atoms with E-state index in [1.165, 1.54) is 0 Å². The van der Waals surface area contributed by atoms with E-state index >= 15 is 0 Å². The Morgan fingerprint density at radius 3 is 2.39 bits per heavy atom. The Hall–Kier alpha value is -1.60. The minimum atomic E-state index is -3.72. The number of nitrogens with one attached hydrogen (secondary N) is 1. The highest BCUT2D eigenvalue weighted by molar-refractivity contribution is 7.89. The number of anilines is 1. The molecular weight excluding hydrogens is 254 g/mol. The Morgan fingerprint density at radius 2 is 1.83 bits per heavy atom. The first kappa shape index (κ1) is 14.5. The zero-order valence-corrected chi connectivity index (χ0v) is 11.2. The molecule has 0 aliphatic heterocycles. The van der Waals surface area contributed by atoms with Crippen molar-refractivity contribution in [3.05, 3.63) is 23.3 Å². The van der Waals surface area contributed by atoms with E-state index in [1.54, 1.807) is 26.0 Å². The maximum Gasteiger partial charge on any atom is 0.242 e. The van der Waals surface area contributed by atoms with Crippen LogP contribution in [-0.2, 0) is 14.8 Å². The Bertz CT molecular complexity index is 567. The van der Waals surface area contributed by atoms with E-state index in [0.717, 1.165) is 0 Å². The molecule has 18 heavy (non-hydrogen) atoms. The highest BCUT2D eigenvalue weighted by Gasteiger charge is 2.20. The maximum absolute atomic E-state index is 12.1. The first-order valence-electron chi connectivity index (χ1n) is 5.39. The standard InChI is InChI=1S/C11H17N3O3S/c1-7-3-4-8(2)11(10(7)13)18(16,17)14-6-5-9(12)15/h3-4,14H,5-6,13H2,1-2H3,(H2,12,15). The molecule has 100 valence electrons. The van der Waals surface area contributed by atoms with Crippen LogP contribution >= 0.6 is 0 Å². The van der Waals surface area contributed by atoms with Crippen molar-refractivity contribution in [2.75, 3.05) is 12.3 Å². The van der Waals surface area contributed by atoms with Gasteiger partial charge in [-0.2, -0.15) is 0 Å². The molecule has 0 spiro atoms. The number of rotatable bonds is 5. The van der Waals surface area contributed by atoms with Crippen LogP contribution < -0.4 is 16.2 Å². The number of nitrogen functional groups attached to an aromatic ring is 1. The van der Waals surface area contributed by atoms with Gasteiger partial charge in [-0.05, 0) is 25.0 Å². The third-order valence-corrected chi connectivity index (χ3v) is 4.21. The first-order valence-corrected chi connectivity index (χ1v) is 6.87. The van der Waals surface area contributed by atoms with Crippen LogP contribution in [0.4, 0.5) is 5.69 Å². The summed E-state index contributed by atoms with van der Waals surface area (Å²) in [5, 5.41) is 0. The molecule has 0 heterocycles. The molecule has 0 saturated heterocycles. The molecule has 1 aromatic carbocycles. The van der Waals surface area contributed by atoms with E-state index in [9.17, 15) is 13.2 Å². The molecule has 0 unspecified atom stereocenters. The number of hydrogen-bond donors (Lipinski definition) is 3. The summed E-state index contributed by atoms with van der Waals surface area (Å²) < 4.78 is 26.4. The van der Waals surface area contributed by atoms with Gasteiger partial charge < -0.3 is 11.5 Å². The second kappa shape index (κ2) is 5.36. The van der Waals surface area contributed by atoms with Gasteiger partial charge >= 0.3 is 0 Å². The first-order chi connectivity index (χ1) is 8.25. The smallest absolute Gasteiger partial charge is 0.242 e. The quantitative estimate of drug-likeness (QED) is 0.656. The van der Waals surface area contributed by atoms with Gasteiger partial charge in [0.1, 0.15) is 4.90 Å². The van der Waals surface area contributed by atoms with Gasteiger partial charge in [0.2, 0.25) is 15.9 Å². The van der Waals surface area contributed by atoms with E-state index in [0.29, 0.717) is 11.1 Å². The van der Waals surface area contributed by atoms with E-state index in [4.69, 9.17) is 11.5 Å². The van der Waals surface area contributed by atoms with Crippen LogP contribution in [0.5, 0.6) is 0 Å². The number of sulfonamides is 1. The molecule has 1 aromatic rings. The molecule has 6 nitrogen and oxygen atoms in total. The van der Waals surface area contributed by atoms with E-state index in [1.807, 2.05) is 0 Å². The summed E-state index contributed by atoms with van der Waals surface area (Å²) in [5.41, 5.74) is 12.2. The lowest BCUT2D eigenvalue weighted by molar-refractivity contribution is -0.117. The monoisotopic (exact) mass is 271 g/mol. The molecule has 0 saturated carbocycles. The van der Waals surface area contributed by atoms with Crippen molar-refractivity contribution in [3.8, 4) is 0 Å². The number of benzene rings is 1. The molecule has 0 atom stereocenters. The number of nitrogens with two attached hydrogens (primary N) is 2. The van der Waals surface area contributed by atoms with E-state index in [-0.39, 0.29) is 23.5 Å². The van der Waals surface area contributed by atoms with Crippen LogP contribution in [0.2, 0.25) is 0 Å². The van der Waals surface area contributed by atoms with Gasteiger partial charge in [-0.25, -0.2) is 13.1 Å². The van der Waals surface area contributed by atoms with Gasteiger partial charge in [0.25, 0.3) is 0 Å². The normalized spacial score (nSPS) is 11.4. The third kappa shape index (κ3) is 3.21. The molecule has 1 rings (SSSR count). The van der Waals surface area contributed by atoms with Gasteiger partial charge in [0.05, 0.1) is 5.69 Å². The summed E-state index contributed by atoms with van der Waals surface area (Å²) in [5.74, 6) is -0.563. The zero-order chi connectivity index (χ0) is 13.9. The highest BCUT2D eigenvalue weighted by Crippen LogP contribution is 2.25. The Morgan fingerprint density at radius 1 is 1.28 bits per heavy atom. The van der Waals surface area contributed by atoms with Crippen molar-refractivity contribution in [1.82, 2.24) is 4.72 Å². The van der Waals surface area contributed by atoms with Gasteiger partial charge in [0.15, 0.2) is 0 Å². The summed E-state index contributed by atoms with van der Waals surface area (Å²) in [6.45, 7) is 3.36.